The number of nitrogens with one attached hydrogen (secondary N) is 1. The first kappa shape index (κ1) is 15.0. The van der Waals surface area contributed by atoms with E-state index < -0.39 is 18.6 Å². The number of nitrogens with zero attached hydrogens (tertiary/aromatic N) is 4. The van der Waals surface area contributed by atoms with E-state index in [1.165, 1.54) is 18.0 Å². The Kier molecular flexibility index (Phi) is 3.96. The Morgan fingerprint density at radius 1 is 1.43 bits per heavy atom. The molecule has 21 heavy (non-hydrogen) atoms. The van der Waals surface area contributed by atoms with Crippen LogP contribution in [0.4, 0.5) is 13.2 Å². The summed E-state index contributed by atoms with van der Waals surface area (Å²) in [5.41, 5.74) is 0.542. The number of halogens is 3. The molecule has 0 aliphatic heterocycles. The van der Waals surface area contributed by atoms with Crippen LogP contribution in [0, 0.1) is 0 Å². The van der Waals surface area contributed by atoms with Crippen LogP contribution in [0.1, 0.15) is 17.5 Å². The van der Waals surface area contributed by atoms with Crippen molar-refractivity contribution in [1.29, 1.82) is 0 Å². The summed E-state index contributed by atoms with van der Waals surface area (Å²) >= 11 is 0. The van der Waals surface area contributed by atoms with Crippen molar-refractivity contribution in [2.75, 3.05) is 13.7 Å². The highest BCUT2D eigenvalue weighted by Gasteiger charge is 2.29. The Morgan fingerprint density at radius 2 is 2.14 bits per heavy atom. The molecule has 0 fully saturated rings. The SMILES string of the molecule is CCn1c(C(=O)NCC(F)(F)F)nc2c(OC)ncnc21. The molecule has 0 atom stereocenters. The van der Waals surface area contributed by atoms with Gasteiger partial charge >= 0.3 is 6.18 Å². The molecule has 0 unspecified atom stereocenters. The average Bonchev–Trinajstić information content (AvgIpc) is 2.82. The van der Waals surface area contributed by atoms with Gasteiger partial charge in [0.2, 0.25) is 11.7 Å². The van der Waals surface area contributed by atoms with Crippen molar-refractivity contribution in [3.63, 3.8) is 0 Å². The van der Waals surface area contributed by atoms with Gasteiger partial charge in [-0.15, -0.1) is 0 Å². The molecule has 0 aromatic carbocycles. The van der Waals surface area contributed by atoms with Crippen LogP contribution in [0.25, 0.3) is 11.2 Å². The second-order valence-electron chi connectivity index (χ2n) is 4.03. The fourth-order valence-electron chi connectivity index (χ4n) is 1.80. The first-order valence-electron chi connectivity index (χ1n) is 5.97. The van der Waals surface area contributed by atoms with Crippen LogP contribution in [-0.4, -0.2) is 45.3 Å². The van der Waals surface area contributed by atoms with Gasteiger partial charge in [0.05, 0.1) is 7.11 Å². The molecular formula is C11H12F3N5O2. The van der Waals surface area contributed by atoms with Crippen LogP contribution in [-0.2, 0) is 6.54 Å². The van der Waals surface area contributed by atoms with Crippen LogP contribution in [0.3, 0.4) is 0 Å². The highest BCUT2D eigenvalue weighted by Crippen LogP contribution is 2.21. The van der Waals surface area contributed by atoms with Crippen LogP contribution >= 0.6 is 0 Å². The number of rotatable bonds is 4. The van der Waals surface area contributed by atoms with E-state index in [2.05, 4.69) is 15.0 Å². The smallest absolute Gasteiger partial charge is 0.405 e. The van der Waals surface area contributed by atoms with E-state index in [0.29, 0.717) is 12.2 Å². The summed E-state index contributed by atoms with van der Waals surface area (Å²) in [6.45, 7) is 0.600. The Hall–Kier alpha value is -2.39. The Morgan fingerprint density at radius 3 is 2.71 bits per heavy atom. The summed E-state index contributed by atoms with van der Waals surface area (Å²) in [7, 11) is 1.37. The quantitative estimate of drug-likeness (QED) is 0.916. The second-order valence-corrected chi connectivity index (χ2v) is 4.03. The number of aryl methyl sites for hydroxylation is 1. The Bertz CT molecular complexity index is 668. The van der Waals surface area contributed by atoms with Crippen LogP contribution in [0.2, 0.25) is 0 Å². The van der Waals surface area contributed by atoms with Gasteiger partial charge in [0.1, 0.15) is 12.9 Å². The molecule has 2 heterocycles. The minimum absolute atomic E-state index is 0.150. The Balaban J connectivity index is 2.41. The van der Waals surface area contributed by atoms with Crippen molar-refractivity contribution in [1.82, 2.24) is 24.8 Å². The number of ether oxygens (including phenoxy) is 1. The molecule has 1 amide bonds. The summed E-state index contributed by atoms with van der Waals surface area (Å²) in [5.74, 6) is -0.957. The number of aromatic nitrogens is 4. The maximum atomic E-state index is 12.2. The third-order valence-electron chi connectivity index (χ3n) is 2.66. The monoisotopic (exact) mass is 303 g/mol. The predicted molar refractivity (Wildman–Crippen MR) is 65.9 cm³/mol. The normalized spacial score (nSPS) is 11.7. The fourth-order valence-corrected chi connectivity index (χ4v) is 1.80. The molecule has 2 rings (SSSR count). The molecule has 0 radical (unpaired) electrons. The van der Waals surface area contributed by atoms with Gasteiger partial charge in [-0.2, -0.15) is 18.2 Å². The van der Waals surface area contributed by atoms with E-state index in [0.717, 1.165) is 0 Å². The number of hydrogen-bond acceptors (Lipinski definition) is 5. The molecule has 114 valence electrons. The van der Waals surface area contributed by atoms with E-state index >= 15 is 0 Å². The van der Waals surface area contributed by atoms with Crippen molar-refractivity contribution in [2.45, 2.75) is 19.6 Å². The van der Waals surface area contributed by atoms with Gasteiger partial charge in [-0.05, 0) is 6.92 Å². The second kappa shape index (κ2) is 5.54. The van der Waals surface area contributed by atoms with Crippen LogP contribution in [0.15, 0.2) is 6.33 Å². The largest absolute Gasteiger partial charge is 0.479 e. The van der Waals surface area contributed by atoms with E-state index in [-0.39, 0.29) is 17.2 Å². The summed E-state index contributed by atoms with van der Waals surface area (Å²) in [5, 5.41) is 1.78. The van der Waals surface area contributed by atoms with Crippen molar-refractivity contribution < 1.29 is 22.7 Å². The summed E-state index contributed by atoms with van der Waals surface area (Å²) in [6, 6.07) is 0. The lowest BCUT2D eigenvalue weighted by atomic mass is 10.5. The number of methoxy groups -OCH3 is 1. The van der Waals surface area contributed by atoms with Gasteiger partial charge < -0.3 is 14.6 Å². The minimum Gasteiger partial charge on any atom is -0.479 e. The first-order valence-corrected chi connectivity index (χ1v) is 5.97. The number of carbonyl (C=O) groups is 1. The van der Waals surface area contributed by atoms with Gasteiger partial charge in [0.15, 0.2) is 11.2 Å². The third-order valence-corrected chi connectivity index (χ3v) is 2.66. The van der Waals surface area contributed by atoms with Crippen molar-refractivity contribution >= 4 is 17.1 Å². The zero-order valence-corrected chi connectivity index (χ0v) is 11.2. The highest BCUT2D eigenvalue weighted by molar-refractivity contribution is 5.94. The van der Waals surface area contributed by atoms with Gasteiger partial charge in [0.25, 0.3) is 5.91 Å². The standard InChI is InChI=1S/C11H12F3N5O2/c1-3-19-7-6(10(21-2)17-5-16-7)18-8(19)9(20)15-4-11(12,13)14/h5H,3-4H2,1-2H3,(H,15,20). The molecule has 7 nitrogen and oxygen atoms in total. The molecule has 0 spiro atoms. The zero-order chi connectivity index (χ0) is 15.6. The molecule has 0 aliphatic rings. The zero-order valence-electron chi connectivity index (χ0n) is 11.2. The molecular weight excluding hydrogens is 291 g/mol. The topological polar surface area (TPSA) is 81.9 Å². The Labute approximate surface area is 117 Å². The first-order chi connectivity index (χ1) is 9.87. The minimum atomic E-state index is -4.49. The fraction of sp³-hybridized carbons (Fsp3) is 0.455. The molecule has 1 N–H and O–H groups in total. The molecule has 2 aromatic heterocycles. The van der Waals surface area contributed by atoms with Crippen molar-refractivity contribution in [3.8, 4) is 5.88 Å². The van der Waals surface area contributed by atoms with Gasteiger partial charge in [0, 0.05) is 6.54 Å². The highest BCUT2D eigenvalue weighted by atomic mass is 19.4. The average molecular weight is 303 g/mol. The number of fused-ring (bicyclic) bond motifs is 1. The maximum absolute atomic E-state index is 12.2. The van der Waals surface area contributed by atoms with Crippen molar-refractivity contribution in [2.24, 2.45) is 0 Å². The maximum Gasteiger partial charge on any atom is 0.405 e. The third kappa shape index (κ3) is 3.03. The van der Waals surface area contributed by atoms with E-state index in [9.17, 15) is 18.0 Å². The number of amides is 1. The molecule has 0 bridgehead atoms. The molecule has 2 aromatic rings. The van der Waals surface area contributed by atoms with Gasteiger partial charge in [-0.1, -0.05) is 0 Å². The van der Waals surface area contributed by atoms with Gasteiger partial charge in [-0.3, -0.25) is 4.79 Å². The summed E-state index contributed by atoms with van der Waals surface area (Å²) < 4.78 is 42.8. The van der Waals surface area contributed by atoms with Crippen LogP contribution in [0.5, 0.6) is 5.88 Å². The lowest BCUT2D eigenvalue weighted by molar-refractivity contribution is -0.123. The number of alkyl halides is 3. The van der Waals surface area contributed by atoms with Crippen molar-refractivity contribution in [3.05, 3.63) is 12.2 Å². The number of carbonyl (C=O) groups excluding carboxylic acids is 1. The predicted octanol–water partition coefficient (Wildman–Crippen LogP) is 1.15. The van der Waals surface area contributed by atoms with E-state index in [1.54, 1.807) is 12.2 Å². The van der Waals surface area contributed by atoms with Gasteiger partial charge in [-0.25, -0.2) is 9.97 Å². The lowest BCUT2D eigenvalue weighted by Gasteiger charge is -2.08. The number of imidazole rings is 1. The summed E-state index contributed by atoms with van der Waals surface area (Å²) in [6.07, 6.45) is -3.26. The van der Waals surface area contributed by atoms with E-state index in [1.807, 2.05) is 0 Å². The number of hydrogen-bond donors (Lipinski definition) is 1. The van der Waals surface area contributed by atoms with E-state index in [4.69, 9.17) is 4.74 Å². The molecule has 0 saturated carbocycles. The lowest BCUT2D eigenvalue weighted by Crippen LogP contribution is -2.35. The summed E-state index contributed by atoms with van der Waals surface area (Å²) in [4.78, 5) is 23.7. The molecule has 0 aliphatic carbocycles. The van der Waals surface area contributed by atoms with Crippen LogP contribution < -0.4 is 10.1 Å². The molecule has 10 heteroatoms. The molecule has 0 saturated heterocycles.